The summed E-state index contributed by atoms with van der Waals surface area (Å²) in [4.78, 5) is 23.4. The number of carbonyl (C=O) groups excluding carboxylic acids is 1. The first-order chi connectivity index (χ1) is 12.3. The Hall–Kier alpha value is -1.66. The summed E-state index contributed by atoms with van der Waals surface area (Å²) in [6.45, 7) is 8.67. The summed E-state index contributed by atoms with van der Waals surface area (Å²) in [5, 5.41) is 0. The van der Waals surface area contributed by atoms with E-state index in [1.54, 1.807) is 0 Å². The second kappa shape index (κ2) is 9.15. The highest BCUT2D eigenvalue weighted by Crippen LogP contribution is 2.18. The maximum absolute atomic E-state index is 11.6. The summed E-state index contributed by atoms with van der Waals surface area (Å²) in [6.07, 6.45) is 4.95. The minimum absolute atomic E-state index is 0.0366. The van der Waals surface area contributed by atoms with E-state index in [0.717, 1.165) is 71.0 Å². The number of carbonyl (C=O) groups is 1. The van der Waals surface area contributed by atoms with Crippen molar-refractivity contribution in [1.29, 1.82) is 0 Å². The Labute approximate surface area is 150 Å². The van der Waals surface area contributed by atoms with Gasteiger partial charge in [-0.2, -0.15) is 0 Å². The number of piperazine rings is 1. The molecule has 6 nitrogen and oxygen atoms in total. The average molecular weight is 346 g/mol. The number of rotatable bonds is 6. The minimum atomic E-state index is -0.0366. The molecule has 0 saturated carbocycles. The van der Waals surface area contributed by atoms with E-state index in [1.165, 1.54) is 13.5 Å². The van der Waals surface area contributed by atoms with Gasteiger partial charge in [-0.1, -0.05) is 6.07 Å². The fourth-order valence-corrected chi connectivity index (χ4v) is 3.82. The minimum Gasteiger partial charge on any atom is -0.469 e. The molecule has 0 bridgehead atoms. The Morgan fingerprint density at radius 3 is 2.36 bits per heavy atom. The van der Waals surface area contributed by atoms with E-state index < -0.39 is 0 Å². The first-order valence-corrected chi connectivity index (χ1v) is 9.45. The van der Waals surface area contributed by atoms with Gasteiger partial charge in [0.05, 0.1) is 13.0 Å². The fourth-order valence-electron chi connectivity index (χ4n) is 3.82. The van der Waals surface area contributed by atoms with Crippen LogP contribution >= 0.6 is 0 Å². The maximum atomic E-state index is 11.6. The van der Waals surface area contributed by atoms with Crippen LogP contribution in [0.3, 0.4) is 0 Å². The third-order valence-electron chi connectivity index (χ3n) is 5.42. The van der Waals surface area contributed by atoms with Crippen LogP contribution in [0.1, 0.15) is 19.3 Å². The number of anilines is 1. The number of piperidine rings is 1. The molecule has 3 rings (SSSR count). The zero-order valence-electron chi connectivity index (χ0n) is 15.3. The standard InChI is InChI=1S/C19H30N4O2/c1-25-19(24)17-6-11-21(12-7-17)9-4-10-22-13-15-23(16-14-22)18-5-2-3-8-20-18/h2-3,5,8,17H,4,6-7,9-16H2,1H3. The van der Waals surface area contributed by atoms with Crippen molar-refractivity contribution >= 4 is 11.8 Å². The van der Waals surface area contributed by atoms with Crippen molar-refractivity contribution in [2.24, 2.45) is 5.92 Å². The highest BCUT2D eigenvalue weighted by atomic mass is 16.5. The topological polar surface area (TPSA) is 48.9 Å². The summed E-state index contributed by atoms with van der Waals surface area (Å²) in [5.41, 5.74) is 0. The van der Waals surface area contributed by atoms with E-state index in [-0.39, 0.29) is 11.9 Å². The molecule has 0 N–H and O–H groups in total. The zero-order chi connectivity index (χ0) is 17.5. The third kappa shape index (κ3) is 5.16. The van der Waals surface area contributed by atoms with Crippen molar-refractivity contribution in [1.82, 2.24) is 14.8 Å². The van der Waals surface area contributed by atoms with Gasteiger partial charge >= 0.3 is 5.97 Å². The normalized spacial score (nSPS) is 20.6. The van der Waals surface area contributed by atoms with Gasteiger partial charge in [0, 0.05) is 32.4 Å². The molecule has 2 saturated heterocycles. The second-order valence-electron chi connectivity index (χ2n) is 7.01. The molecule has 2 aliphatic heterocycles. The lowest BCUT2D eigenvalue weighted by atomic mass is 9.97. The van der Waals surface area contributed by atoms with Crippen LogP contribution in [0, 0.1) is 5.92 Å². The van der Waals surface area contributed by atoms with E-state index in [1.807, 2.05) is 12.3 Å². The van der Waals surface area contributed by atoms with Crippen molar-refractivity contribution in [3.63, 3.8) is 0 Å². The van der Waals surface area contributed by atoms with Crippen LogP contribution in [-0.4, -0.2) is 80.2 Å². The molecular weight excluding hydrogens is 316 g/mol. The molecule has 3 heterocycles. The van der Waals surface area contributed by atoms with Crippen LogP contribution in [0.15, 0.2) is 24.4 Å². The van der Waals surface area contributed by atoms with Crippen LogP contribution in [-0.2, 0) is 9.53 Å². The molecule has 0 atom stereocenters. The van der Waals surface area contributed by atoms with Gasteiger partial charge in [-0.3, -0.25) is 9.69 Å². The molecule has 0 aliphatic carbocycles. The number of hydrogen-bond acceptors (Lipinski definition) is 6. The van der Waals surface area contributed by atoms with E-state index in [4.69, 9.17) is 4.74 Å². The number of aromatic nitrogens is 1. The molecule has 6 heteroatoms. The molecule has 1 aromatic heterocycles. The Morgan fingerprint density at radius 2 is 1.76 bits per heavy atom. The van der Waals surface area contributed by atoms with E-state index in [2.05, 4.69) is 31.8 Å². The number of likely N-dealkylation sites (tertiary alicyclic amines) is 1. The van der Waals surface area contributed by atoms with Gasteiger partial charge in [-0.25, -0.2) is 4.98 Å². The highest BCUT2D eigenvalue weighted by molar-refractivity contribution is 5.72. The van der Waals surface area contributed by atoms with Crippen molar-refractivity contribution in [3.05, 3.63) is 24.4 Å². The van der Waals surface area contributed by atoms with Gasteiger partial charge < -0.3 is 14.5 Å². The van der Waals surface area contributed by atoms with Gasteiger partial charge in [0.25, 0.3) is 0 Å². The van der Waals surface area contributed by atoms with E-state index in [0.29, 0.717) is 0 Å². The number of hydrogen-bond donors (Lipinski definition) is 0. The van der Waals surface area contributed by atoms with Crippen LogP contribution in [0.2, 0.25) is 0 Å². The number of nitrogens with zero attached hydrogens (tertiary/aromatic N) is 4. The van der Waals surface area contributed by atoms with Gasteiger partial charge in [-0.05, 0) is 57.6 Å². The summed E-state index contributed by atoms with van der Waals surface area (Å²) in [5.74, 6) is 1.17. The lowest BCUT2D eigenvalue weighted by Crippen LogP contribution is -2.47. The first kappa shape index (κ1) is 18.1. The Bertz CT molecular complexity index is 523. The molecule has 25 heavy (non-hydrogen) atoms. The largest absolute Gasteiger partial charge is 0.469 e. The van der Waals surface area contributed by atoms with Gasteiger partial charge in [0.1, 0.15) is 5.82 Å². The maximum Gasteiger partial charge on any atom is 0.308 e. The highest BCUT2D eigenvalue weighted by Gasteiger charge is 2.25. The van der Waals surface area contributed by atoms with Crippen LogP contribution < -0.4 is 4.90 Å². The van der Waals surface area contributed by atoms with Gasteiger partial charge in [0.15, 0.2) is 0 Å². The zero-order valence-corrected chi connectivity index (χ0v) is 15.3. The Kier molecular flexibility index (Phi) is 6.64. The molecule has 0 unspecified atom stereocenters. The quantitative estimate of drug-likeness (QED) is 0.727. The lowest BCUT2D eigenvalue weighted by molar-refractivity contribution is -0.147. The number of methoxy groups -OCH3 is 1. The second-order valence-corrected chi connectivity index (χ2v) is 7.01. The van der Waals surface area contributed by atoms with E-state index in [9.17, 15) is 4.79 Å². The lowest BCUT2D eigenvalue weighted by Gasteiger charge is -2.36. The molecule has 0 spiro atoms. The molecule has 2 aliphatic rings. The summed E-state index contributed by atoms with van der Waals surface area (Å²) >= 11 is 0. The van der Waals surface area contributed by atoms with Crippen molar-refractivity contribution < 1.29 is 9.53 Å². The van der Waals surface area contributed by atoms with Crippen molar-refractivity contribution in [2.45, 2.75) is 19.3 Å². The molecular formula is C19H30N4O2. The number of esters is 1. The first-order valence-electron chi connectivity index (χ1n) is 9.45. The van der Waals surface area contributed by atoms with Crippen LogP contribution in [0.5, 0.6) is 0 Å². The van der Waals surface area contributed by atoms with E-state index >= 15 is 0 Å². The van der Waals surface area contributed by atoms with Crippen LogP contribution in [0.25, 0.3) is 0 Å². The Morgan fingerprint density at radius 1 is 1.08 bits per heavy atom. The molecule has 1 aromatic rings. The predicted octanol–water partition coefficient (Wildman–Crippen LogP) is 1.48. The predicted molar refractivity (Wildman–Crippen MR) is 98.7 cm³/mol. The van der Waals surface area contributed by atoms with Crippen molar-refractivity contribution in [2.75, 3.05) is 64.4 Å². The van der Waals surface area contributed by atoms with Crippen molar-refractivity contribution in [3.8, 4) is 0 Å². The fraction of sp³-hybridized carbons (Fsp3) is 0.684. The number of ether oxygens (including phenoxy) is 1. The summed E-state index contributed by atoms with van der Waals surface area (Å²) < 4.78 is 4.85. The molecule has 0 amide bonds. The average Bonchev–Trinajstić information content (AvgIpc) is 2.69. The molecule has 2 fully saturated rings. The Balaban J connectivity index is 1.30. The molecule has 0 radical (unpaired) electrons. The summed E-state index contributed by atoms with van der Waals surface area (Å²) in [6, 6.07) is 6.11. The molecule has 0 aromatic carbocycles. The smallest absolute Gasteiger partial charge is 0.308 e. The number of pyridine rings is 1. The van der Waals surface area contributed by atoms with Crippen LogP contribution in [0.4, 0.5) is 5.82 Å². The van der Waals surface area contributed by atoms with Gasteiger partial charge in [-0.15, -0.1) is 0 Å². The SMILES string of the molecule is COC(=O)C1CCN(CCCN2CCN(c3ccccn3)CC2)CC1. The van der Waals surface area contributed by atoms with Gasteiger partial charge in [0.2, 0.25) is 0 Å². The third-order valence-corrected chi connectivity index (χ3v) is 5.42. The monoisotopic (exact) mass is 346 g/mol. The molecule has 138 valence electrons. The summed E-state index contributed by atoms with van der Waals surface area (Å²) in [7, 11) is 1.49.